The first-order valence-corrected chi connectivity index (χ1v) is 7.71. The van der Waals surface area contributed by atoms with Gasteiger partial charge in [-0.15, -0.1) is 11.3 Å². The van der Waals surface area contributed by atoms with Crippen molar-refractivity contribution in [1.29, 1.82) is 0 Å². The maximum absolute atomic E-state index is 5.65. The maximum atomic E-state index is 5.65. The van der Waals surface area contributed by atoms with E-state index in [9.17, 15) is 0 Å². The third-order valence-corrected chi connectivity index (χ3v) is 4.09. The van der Waals surface area contributed by atoms with Gasteiger partial charge in [0.05, 0.1) is 12.7 Å². The summed E-state index contributed by atoms with van der Waals surface area (Å²) in [6, 6.07) is 0. The van der Waals surface area contributed by atoms with Gasteiger partial charge in [-0.1, -0.05) is 0 Å². The molecular weight excluding hydrogens is 260 g/mol. The molecular formula is C13H24N4OS. The summed E-state index contributed by atoms with van der Waals surface area (Å²) in [5.74, 6) is 0. The fourth-order valence-electron chi connectivity index (χ4n) is 2.20. The number of nitrogen functional groups attached to an aromatic ring is 1. The highest BCUT2D eigenvalue weighted by molar-refractivity contribution is 7.15. The summed E-state index contributed by atoms with van der Waals surface area (Å²) in [5.41, 5.74) is 5.65. The second-order valence-corrected chi connectivity index (χ2v) is 6.35. The number of anilines is 1. The standard InChI is InChI=1S/C13H24N4OS/c1-11(2)18-8-7-16-3-5-17(6-4-16)10-12-9-15-13(14)19-12/h9,11H,3-8,10H2,1-2H3,(H2,14,15). The number of thiazole rings is 1. The fraction of sp³-hybridized carbons (Fsp3) is 0.769. The van der Waals surface area contributed by atoms with E-state index in [1.54, 1.807) is 11.3 Å². The van der Waals surface area contributed by atoms with Gasteiger partial charge >= 0.3 is 0 Å². The zero-order valence-electron chi connectivity index (χ0n) is 11.8. The Morgan fingerprint density at radius 1 is 1.32 bits per heavy atom. The molecule has 1 aromatic heterocycles. The zero-order valence-corrected chi connectivity index (χ0v) is 12.7. The first kappa shape index (κ1) is 14.7. The average molecular weight is 284 g/mol. The summed E-state index contributed by atoms with van der Waals surface area (Å²) in [7, 11) is 0. The van der Waals surface area contributed by atoms with E-state index >= 15 is 0 Å². The predicted molar refractivity (Wildman–Crippen MR) is 79.3 cm³/mol. The lowest BCUT2D eigenvalue weighted by molar-refractivity contribution is 0.0439. The van der Waals surface area contributed by atoms with Crippen LogP contribution in [0.2, 0.25) is 0 Å². The second kappa shape index (κ2) is 7.19. The summed E-state index contributed by atoms with van der Waals surface area (Å²) < 4.78 is 5.59. The second-order valence-electron chi connectivity index (χ2n) is 5.20. The van der Waals surface area contributed by atoms with E-state index in [2.05, 4.69) is 28.6 Å². The lowest BCUT2D eigenvalue weighted by Crippen LogP contribution is -2.46. The third-order valence-electron chi connectivity index (χ3n) is 3.27. The van der Waals surface area contributed by atoms with Crippen molar-refractivity contribution >= 4 is 16.5 Å². The van der Waals surface area contributed by atoms with E-state index in [0.29, 0.717) is 11.2 Å². The van der Waals surface area contributed by atoms with Crippen LogP contribution in [0.1, 0.15) is 18.7 Å². The normalized spacial score (nSPS) is 18.3. The Balaban J connectivity index is 1.65. The topological polar surface area (TPSA) is 54.6 Å². The van der Waals surface area contributed by atoms with Gasteiger partial charge in [0.1, 0.15) is 0 Å². The Morgan fingerprint density at radius 2 is 2.00 bits per heavy atom. The van der Waals surface area contributed by atoms with E-state index < -0.39 is 0 Å². The molecule has 0 spiro atoms. The van der Waals surface area contributed by atoms with E-state index in [-0.39, 0.29) is 0 Å². The summed E-state index contributed by atoms with van der Waals surface area (Å²) in [6.07, 6.45) is 2.22. The summed E-state index contributed by atoms with van der Waals surface area (Å²) in [4.78, 5) is 10.3. The number of ether oxygens (including phenoxy) is 1. The minimum atomic E-state index is 0.332. The molecule has 6 heteroatoms. The fourth-order valence-corrected chi connectivity index (χ4v) is 2.93. The van der Waals surface area contributed by atoms with E-state index in [0.717, 1.165) is 45.9 Å². The van der Waals surface area contributed by atoms with Crippen LogP contribution in [0.25, 0.3) is 0 Å². The molecule has 0 aromatic carbocycles. The molecule has 0 aliphatic carbocycles. The van der Waals surface area contributed by atoms with Crippen LogP contribution in [0.5, 0.6) is 0 Å². The molecule has 19 heavy (non-hydrogen) atoms. The number of hydrogen-bond donors (Lipinski definition) is 1. The van der Waals surface area contributed by atoms with Crippen LogP contribution in [0.4, 0.5) is 5.13 Å². The monoisotopic (exact) mass is 284 g/mol. The number of aromatic nitrogens is 1. The van der Waals surface area contributed by atoms with E-state index in [1.165, 1.54) is 4.88 Å². The van der Waals surface area contributed by atoms with Crippen molar-refractivity contribution in [2.75, 3.05) is 45.1 Å². The Morgan fingerprint density at radius 3 is 2.58 bits per heavy atom. The molecule has 0 atom stereocenters. The zero-order chi connectivity index (χ0) is 13.7. The van der Waals surface area contributed by atoms with Crippen molar-refractivity contribution in [3.8, 4) is 0 Å². The van der Waals surface area contributed by atoms with Crippen molar-refractivity contribution in [2.45, 2.75) is 26.5 Å². The molecule has 0 radical (unpaired) electrons. The van der Waals surface area contributed by atoms with Crippen LogP contribution in [-0.4, -0.2) is 60.2 Å². The smallest absolute Gasteiger partial charge is 0.180 e. The van der Waals surface area contributed by atoms with Gasteiger partial charge in [-0.2, -0.15) is 0 Å². The summed E-state index contributed by atoms with van der Waals surface area (Å²) in [6.45, 7) is 11.5. The van der Waals surface area contributed by atoms with Crippen LogP contribution in [0, 0.1) is 0 Å². The molecule has 0 unspecified atom stereocenters. The molecule has 1 saturated heterocycles. The third kappa shape index (κ3) is 5.06. The average Bonchev–Trinajstić information content (AvgIpc) is 2.77. The van der Waals surface area contributed by atoms with Crippen molar-refractivity contribution < 1.29 is 4.74 Å². The molecule has 0 amide bonds. The molecule has 2 rings (SSSR count). The minimum Gasteiger partial charge on any atom is -0.377 e. The SMILES string of the molecule is CC(C)OCCN1CCN(Cc2cnc(N)s2)CC1. The van der Waals surface area contributed by atoms with Gasteiger partial charge in [-0.25, -0.2) is 4.98 Å². The summed E-state index contributed by atoms with van der Waals surface area (Å²) in [5, 5.41) is 0.666. The summed E-state index contributed by atoms with van der Waals surface area (Å²) >= 11 is 1.59. The minimum absolute atomic E-state index is 0.332. The molecule has 0 bridgehead atoms. The van der Waals surface area contributed by atoms with Gasteiger partial charge in [0.2, 0.25) is 0 Å². The lowest BCUT2D eigenvalue weighted by Gasteiger charge is -2.34. The van der Waals surface area contributed by atoms with Gasteiger partial charge in [0.15, 0.2) is 5.13 Å². The molecule has 5 nitrogen and oxygen atoms in total. The first-order valence-electron chi connectivity index (χ1n) is 6.90. The van der Waals surface area contributed by atoms with Gasteiger partial charge in [-0.05, 0) is 13.8 Å². The first-order chi connectivity index (χ1) is 9.13. The molecule has 1 aromatic rings. The van der Waals surface area contributed by atoms with Crippen LogP contribution < -0.4 is 5.73 Å². The Labute approximate surface area is 119 Å². The molecule has 1 aliphatic heterocycles. The Bertz CT molecular complexity index is 374. The van der Waals surface area contributed by atoms with Crippen molar-refractivity contribution in [3.63, 3.8) is 0 Å². The highest BCUT2D eigenvalue weighted by Gasteiger charge is 2.17. The van der Waals surface area contributed by atoms with E-state index in [1.807, 2.05) is 6.20 Å². The molecule has 0 saturated carbocycles. The van der Waals surface area contributed by atoms with Crippen molar-refractivity contribution in [2.24, 2.45) is 0 Å². The van der Waals surface area contributed by atoms with Crippen molar-refractivity contribution in [3.05, 3.63) is 11.1 Å². The van der Waals surface area contributed by atoms with Crippen LogP contribution in [0.15, 0.2) is 6.20 Å². The molecule has 108 valence electrons. The van der Waals surface area contributed by atoms with Gasteiger partial charge in [-0.3, -0.25) is 9.80 Å². The predicted octanol–water partition coefficient (Wildman–Crippen LogP) is 1.27. The van der Waals surface area contributed by atoms with Gasteiger partial charge in [0, 0.05) is 50.3 Å². The molecule has 1 fully saturated rings. The molecule has 2 N–H and O–H groups in total. The van der Waals surface area contributed by atoms with Crippen molar-refractivity contribution in [1.82, 2.24) is 14.8 Å². The number of nitrogens with zero attached hydrogens (tertiary/aromatic N) is 3. The maximum Gasteiger partial charge on any atom is 0.180 e. The molecule has 2 heterocycles. The van der Waals surface area contributed by atoms with Gasteiger partial charge < -0.3 is 10.5 Å². The van der Waals surface area contributed by atoms with Crippen LogP contribution >= 0.6 is 11.3 Å². The van der Waals surface area contributed by atoms with Gasteiger partial charge in [0.25, 0.3) is 0 Å². The number of rotatable bonds is 6. The lowest BCUT2D eigenvalue weighted by atomic mass is 10.3. The highest BCUT2D eigenvalue weighted by Crippen LogP contribution is 2.17. The number of hydrogen-bond acceptors (Lipinski definition) is 6. The highest BCUT2D eigenvalue weighted by atomic mass is 32.1. The molecule has 1 aliphatic rings. The quantitative estimate of drug-likeness (QED) is 0.852. The number of nitrogens with two attached hydrogens (primary N) is 1. The Kier molecular flexibility index (Phi) is 5.57. The van der Waals surface area contributed by atoms with E-state index in [4.69, 9.17) is 10.5 Å². The Hall–Kier alpha value is -0.690. The largest absolute Gasteiger partial charge is 0.377 e. The number of piperazine rings is 1. The van der Waals surface area contributed by atoms with Crippen LogP contribution in [-0.2, 0) is 11.3 Å². The van der Waals surface area contributed by atoms with Crippen LogP contribution in [0.3, 0.4) is 0 Å².